The fraction of sp³-hybridized carbons (Fsp3) is 0.200. The van der Waals surface area contributed by atoms with E-state index in [-0.39, 0.29) is 0 Å². The third-order valence-corrected chi connectivity index (χ3v) is 5.88. The van der Waals surface area contributed by atoms with Gasteiger partial charge in [-0.3, -0.25) is 0 Å². The van der Waals surface area contributed by atoms with Gasteiger partial charge in [-0.05, 0) is 76.2 Å². The zero-order valence-corrected chi connectivity index (χ0v) is 18.7. The molecule has 0 aliphatic carbocycles. The van der Waals surface area contributed by atoms with E-state index in [1.54, 1.807) is 0 Å². The van der Waals surface area contributed by atoms with E-state index >= 15 is 0 Å². The summed E-state index contributed by atoms with van der Waals surface area (Å²) in [6.45, 7) is 7.93. The molecular formula is C30H30O. The van der Waals surface area contributed by atoms with Crippen molar-refractivity contribution >= 4 is 38.4 Å². The van der Waals surface area contributed by atoms with Crippen molar-refractivity contribution in [2.24, 2.45) is 0 Å². The summed E-state index contributed by atoms with van der Waals surface area (Å²) in [5, 5.41) is 8.20. The molecule has 156 valence electrons. The SMILES string of the molecule is CCOCC.Cc1c(CC=Cc2ccccc2)cc2ccc3cccc4ccc1c2c34. The molecule has 5 rings (SSSR count). The van der Waals surface area contributed by atoms with Gasteiger partial charge in [0, 0.05) is 13.2 Å². The van der Waals surface area contributed by atoms with E-state index < -0.39 is 0 Å². The minimum absolute atomic E-state index is 0.844. The van der Waals surface area contributed by atoms with E-state index in [2.05, 4.69) is 97.9 Å². The lowest BCUT2D eigenvalue weighted by molar-refractivity contribution is 0.162. The van der Waals surface area contributed by atoms with Gasteiger partial charge in [0.1, 0.15) is 0 Å². The Bertz CT molecular complexity index is 1280. The second-order valence-corrected chi connectivity index (χ2v) is 7.82. The number of aryl methyl sites for hydroxylation is 1. The van der Waals surface area contributed by atoms with E-state index in [4.69, 9.17) is 4.74 Å². The summed E-state index contributed by atoms with van der Waals surface area (Å²) in [6, 6.07) is 28.5. The van der Waals surface area contributed by atoms with Crippen LogP contribution in [0.5, 0.6) is 0 Å². The van der Waals surface area contributed by atoms with Gasteiger partial charge in [-0.2, -0.15) is 0 Å². The lowest BCUT2D eigenvalue weighted by Crippen LogP contribution is -1.92. The maximum atomic E-state index is 4.83. The summed E-state index contributed by atoms with van der Waals surface area (Å²) in [7, 11) is 0. The van der Waals surface area contributed by atoms with Gasteiger partial charge in [-0.25, -0.2) is 0 Å². The van der Waals surface area contributed by atoms with Crippen molar-refractivity contribution in [1.29, 1.82) is 0 Å². The molecule has 0 N–H and O–H groups in total. The fourth-order valence-electron chi connectivity index (χ4n) is 4.31. The highest BCUT2D eigenvalue weighted by molar-refractivity contribution is 6.23. The molecule has 0 spiro atoms. The molecule has 31 heavy (non-hydrogen) atoms. The fourth-order valence-corrected chi connectivity index (χ4v) is 4.31. The molecule has 1 nitrogen and oxygen atoms in total. The molecule has 0 fully saturated rings. The molecule has 0 saturated heterocycles. The van der Waals surface area contributed by atoms with Crippen LogP contribution >= 0.6 is 0 Å². The highest BCUT2D eigenvalue weighted by Gasteiger charge is 2.11. The normalized spacial score (nSPS) is 11.5. The van der Waals surface area contributed by atoms with Crippen molar-refractivity contribution in [3.8, 4) is 0 Å². The first-order valence-electron chi connectivity index (χ1n) is 11.2. The predicted molar refractivity (Wildman–Crippen MR) is 136 cm³/mol. The summed E-state index contributed by atoms with van der Waals surface area (Å²) in [4.78, 5) is 0. The summed E-state index contributed by atoms with van der Waals surface area (Å²) in [6.07, 6.45) is 5.44. The van der Waals surface area contributed by atoms with Gasteiger partial charge in [0.2, 0.25) is 0 Å². The Hall–Kier alpha value is -3.16. The smallest absolute Gasteiger partial charge is 0.0437 e. The first kappa shape index (κ1) is 21.1. The quantitative estimate of drug-likeness (QED) is 0.267. The average Bonchev–Trinajstić information content (AvgIpc) is 2.81. The second-order valence-electron chi connectivity index (χ2n) is 7.82. The Morgan fingerprint density at radius 3 is 2.06 bits per heavy atom. The van der Waals surface area contributed by atoms with Crippen LogP contribution in [0.4, 0.5) is 0 Å². The molecule has 0 bridgehead atoms. The molecule has 0 aliphatic heterocycles. The van der Waals surface area contributed by atoms with Crippen molar-refractivity contribution in [2.75, 3.05) is 13.2 Å². The van der Waals surface area contributed by atoms with Crippen LogP contribution < -0.4 is 0 Å². The Balaban J connectivity index is 0.000000418. The highest BCUT2D eigenvalue weighted by atomic mass is 16.5. The largest absolute Gasteiger partial charge is 0.382 e. The van der Waals surface area contributed by atoms with E-state index in [0.29, 0.717) is 0 Å². The van der Waals surface area contributed by atoms with E-state index in [0.717, 1.165) is 19.6 Å². The average molecular weight is 407 g/mol. The molecule has 0 aromatic heterocycles. The second kappa shape index (κ2) is 9.76. The number of hydrogen-bond donors (Lipinski definition) is 0. The van der Waals surface area contributed by atoms with Gasteiger partial charge in [0.25, 0.3) is 0 Å². The van der Waals surface area contributed by atoms with Gasteiger partial charge in [-0.15, -0.1) is 0 Å². The summed E-state index contributed by atoms with van der Waals surface area (Å²) >= 11 is 0. The van der Waals surface area contributed by atoms with E-state index in [9.17, 15) is 0 Å². The summed E-state index contributed by atoms with van der Waals surface area (Å²) in [5.74, 6) is 0. The maximum absolute atomic E-state index is 4.83. The first-order valence-corrected chi connectivity index (χ1v) is 11.2. The molecule has 5 aromatic rings. The molecule has 0 saturated carbocycles. The van der Waals surface area contributed by atoms with Crippen molar-refractivity contribution in [3.05, 3.63) is 102 Å². The van der Waals surface area contributed by atoms with Gasteiger partial charge >= 0.3 is 0 Å². The van der Waals surface area contributed by atoms with Gasteiger partial charge in [0.15, 0.2) is 0 Å². The number of ether oxygens (including phenoxy) is 1. The Morgan fingerprint density at radius 2 is 1.39 bits per heavy atom. The van der Waals surface area contributed by atoms with Crippen molar-refractivity contribution in [3.63, 3.8) is 0 Å². The lowest BCUT2D eigenvalue weighted by atomic mass is 9.89. The van der Waals surface area contributed by atoms with Crippen molar-refractivity contribution in [1.82, 2.24) is 0 Å². The van der Waals surface area contributed by atoms with Crippen LogP contribution in [0.15, 0.2) is 84.9 Å². The molecule has 0 radical (unpaired) electrons. The molecule has 0 aliphatic rings. The Morgan fingerprint density at radius 1 is 0.710 bits per heavy atom. The Labute approximate surface area is 185 Å². The molecule has 1 heteroatoms. The zero-order chi connectivity index (χ0) is 21.6. The van der Waals surface area contributed by atoms with Crippen LogP contribution in [0.3, 0.4) is 0 Å². The van der Waals surface area contributed by atoms with Gasteiger partial charge < -0.3 is 4.74 Å². The van der Waals surface area contributed by atoms with Crippen LogP contribution in [-0.2, 0) is 11.2 Å². The zero-order valence-electron chi connectivity index (χ0n) is 18.7. The van der Waals surface area contributed by atoms with Crippen LogP contribution in [-0.4, -0.2) is 13.2 Å². The van der Waals surface area contributed by atoms with E-state index in [1.807, 2.05) is 13.8 Å². The molecular weight excluding hydrogens is 376 g/mol. The molecule has 0 atom stereocenters. The van der Waals surface area contributed by atoms with Crippen LogP contribution in [0.25, 0.3) is 38.4 Å². The minimum Gasteiger partial charge on any atom is -0.382 e. The number of benzene rings is 5. The highest BCUT2D eigenvalue weighted by Crippen LogP contribution is 2.37. The van der Waals surface area contributed by atoms with Crippen LogP contribution in [0.1, 0.15) is 30.5 Å². The Kier molecular flexibility index (Phi) is 6.64. The van der Waals surface area contributed by atoms with E-state index in [1.165, 1.54) is 49.0 Å². The number of hydrogen-bond acceptors (Lipinski definition) is 1. The topological polar surface area (TPSA) is 9.23 Å². The lowest BCUT2D eigenvalue weighted by Gasteiger charge is -2.15. The summed E-state index contributed by atoms with van der Waals surface area (Å²) < 4.78 is 4.83. The standard InChI is InChI=1S/C26H20.C4H10O/c1-18-22(12-5-9-19-7-3-2-4-8-19)17-23-14-13-20-10-6-11-21-15-16-24(18)26(23)25(20)21;1-3-5-4-2/h2-11,13-17H,12H2,1H3;3-4H2,1-2H3. The maximum Gasteiger partial charge on any atom is 0.0437 e. The third-order valence-electron chi connectivity index (χ3n) is 5.88. The number of allylic oxidation sites excluding steroid dienone is 1. The van der Waals surface area contributed by atoms with Crippen molar-refractivity contribution in [2.45, 2.75) is 27.2 Å². The summed E-state index contributed by atoms with van der Waals surface area (Å²) in [5.41, 5.74) is 4.05. The van der Waals surface area contributed by atoms with Crippen LogP contribution in [0, 0.1) is 6.92 Å². The van der Waals surface area contributed by atoms with Gasteiger partial charge in [0.05, 0.1) is 0 Å². The molecule has 0 unspecified atom stereocenters. The number of rotatable bonds is 5. The van der Waals surface area contributed by atoms with Gasteiger partial charge in [-0.1, -0.05) is 91.0 Å². The monoisotopic (exact) mass is 406 g/mol. The third kappa shape index (κ3) is 4.47. The van der Waals surface area contributed by atoms with Crippen LogP contribution in [0.2, 0.25) is 0 Å². The molecule has 0 heterocycles. The molecule has 5 aromatic carbocycles. The minimum atomic E-state index is 0.844. The van der Waals surface area contributed by atoms with Crippen molar-refractivity contribution < 1.29 is 4.74 Å². The molecule has 0 amide bonds. The first-order chi connectivity index (χ1) is 15.2. The predicted octanol–water partition coefficient (Wildman–Crippen LogP) is 8.19.